The van der Waals surface area contributed by atoms with Crippen LogP contribution in [0.1, 0.15) is 12.7 Å². The van der Waals surface area contributed by atoms with Gasteiger partial charge in [-0.05, 0) is 22.6 Å². The Morgan fingerprint density at radius 1 is 1.14 bits per heavy atom. The van der Waals surface area contributed by atoms with Crippen LogP contribution in [0.3, 0.4) is 0 Å². The second-order valence-corrected chi connectivity index (χ2v) is 5.12. The van der Waals surface area contributed by atoms with E-state index in [1.165, 1.54) is 0 Å². The van der Waals surface area contributed by atoms with Gasteiger partial charge in [-0.2, -0.15) is 4.68 Å². The first-order valence-corrected chi connectivity index (χ1v) is 7.04. The van der Waals surface area contributed by atoms with E-state index in [1.807, 2.05) is 35.2 Å². The van der Waals surface area contributed by atoms with Crippen LogP contribution in [0.4, 0.5) is 0 Å². The highest BCUT2D eigenvalue weighted by Crippen LogP contribution is 2.10. The van der Waals surface area contributed by atoms with Crippen LogP contribution >= 0.6 is 0 Å². The fourth-order valence-corrected chi connectivity index (χ4v) is 2.49. The minimum Gasteiger partial charge on any atom is -0.340 e. The van der Waals surface area contributed by atoms with Crippen LogP contribution in [0, 0.1) is 0 Å². The zero-order valence-electron chi connectivity index (χ0n) is 12.0. The summed E-state index contributed by atoms with van der Waals surface area (Å²) in [5, 5.41) is 12.0. The molecule has 0 unspecified atom stereocenters. The van der Waals surface area contributed by atoms with Gasteiger partial charge in [0.1, 0.15) is 0 Å². The summed E-state index contributed by atoms with van der Waals surface area (Å²) >= 11 is 0. The van der Waals surface area contributed by atoms with E-state index in [1.54, 1.807) is 11.6 Å². The monoisotopic (exact) mass is 286 g/mol. The molecule has 1 amide bonds. The molecule has 1 aliphatic rings. The molecule has 0 bridgehead atoms. The molecule has 110 valence electrons. The summed E-state index contributed by atoms with van der Waals surface area (Å²) in [6, 6.07) is 9.86. The summed E-state index contributed by atoms with van der Waals surface area (Å²) in [4.78, 5) is 15.5. The number of rotatable bonds is 3. The number of piperazine rings is 1. The molecule has 1 saturated heterocycles. The van der Waals surface area contributed by atoms with Crippen molar-refractivity contribution in [3.63, 3.8) is 0 Å². The number of amides is 1. The normalized spacial score (nSPS) is 16.1. The van der Waals surface area contributed by atoms with E-state index in [0.29, 0.717) is 6.54 Å². The summed E-state index contributed by atoms with van der Waals surface area (Å²) in [6.07, 6.45) is 0. The molecule has 0 aliphatic carbocycles. The van der Waals surface area contributed by atoms with Gasteiger partial charge in [0.15, 0.2) is 5.82 Å². The first-order valence-electron chi connectivity index (χ1n) is 7.04. The molecule has 0 saturated carbocycles. The van der Waals surface area contributed by atoms with Crippen LogP contribution < -0.4 is 0 Å². The maximum atomic E-state index is 11.3. The van der Waals surface area contributed by atoms with Gasteiger partial charge in [-0.25, -0.2) is 0 Å². The van der Waals surface area contributed by atoms with Crippen LogP contribution in [0.5, 0.6) is 0 Å². The summed E-state index contributed by atoms with van der Waals surface area (Å²) in [5.74, 6) is 0.959. The maximum Gasteiger partial charge on any atom is 0.219 e. The number of aromatic nitrogens is 4. The lowest BCUT2D eigenvalue weighted by Gasteiger charge is -2.33. The van der Waals surface area contributed by atoms with Crippen molar-refractivity contribution in [3.8, 4) is 5.69 Å². The number of para-hydroxylation sites is 1. The molecule has 7 heteroatoms. The van der Waals surface area contributed by atoms with Crippen LogP contribution in [0.25, 0.3) is 5.69 Å². The number of benzene rings is 1. The van der Waals surface area contributed by atoms with Gasteiger partial charge in [0.2, 0.25) is 5.91 Å². The molecule has 2 heterocycles. The number of hydrogen-bond acceptors (Lipinski definition) is 5. The lowest BCUT2D eigenvalue weighted by Crippen LogP contribution is -2.47. The van der Waals surface area contributed by atoms with E-state index in [0.717, 1.165) is 37.7 Å². The predicted molar refractivity (Wildman–Crippen MR) is 76.7 cm³/mol. The Bertz CT molecular complexity index is 603. The smallest absolute Gasteiger partial charge is 0.219 e. The molecule has 1 aromatic carbocycles. The minimum absolute atomic E-state index is 0.142. The molecule has 21 heavy (non-hydrogen) atoms. The third-order valence-corrected chi connectivity index (χ3v) is 3.72. The van der Waals surface area contributed by atoms with Crippen LogP contribution in [0.15, 0.2) is 30.3 Å². The van der Waals surface area contributed by atoms with Crippen LogP contribution in [-0.4, -0.2) is 62.1 Å². The van der Waals surface area contributed by atoms with Gasteiger partial charge in [-0.3, -0.25) is 9.69 Å². The highest BCUT2D eigenvalue weighted by molar-refractivity contribution is 5.73. The van der Waals surface area contributed by atoms with E-state index < -0.39 is 0 Å². The molecule has 2 aromatic rings. The van der Waals surface area contributed by atoms with Crippen molar-refractivity contribution in [3.05, 3.63) is 36.2 Å². The number of nitrogens with zero attached hydrogens (tertiary/aromatic N) is 6. The zero-order valence-corrected chi connectivity index (χ0v) is 12.0. The molecule has 1 fully saturated rings. The van der Waals surface area contributed by atoms with Gasteiger partial charge >= 0.3 is 0 Å². The fraction of sp³-hybridized carbons (Fsp3) is 0.429. The van der Waals surface area contributed by atoms with E-state index in [4.69, 9.17) is 0 Å². The van der Waals surface area contributed by atoms with E-state index in [9.17, 15) is 4.79 Å². The van der Waals surface area contributed by atoms with Crippen molar-refractivity contribution in [2.75, 3.05) is 26.2 Å². The minimum atomic E-state index is 0.142. The highest BCUT2D eigenvalue weighted by atomic mass is 16.2. The fourth-order valence-electron chi connectivity index (χ4n) is 2.49. The third kappa shape index (κ3) is 3.08. The summed E-state index contributed by atoms with van der Waals surface area (Å²) < 4.78 is 1.76. The molecule has 0 radical (unpaired) electrons. The standard InChI is InChI=1S/C14H18N6O/c1-12(21)19-9-7-18(8-10-19)11-14-15-16-17-20(14)13-5-3-2-4-6-13/h2-6H,7-11H2,1H3. The maximum absolute atomic E-state index is 11.3. The van der Waals surface area contributed by atoms with Crippen molar-refractivity contribution in [2.24, 2.45) is 0 Å². The average molecular weight is 286 g/mol. The van der Waals surface area contributed by atoms with Gasteiger partial charge in [-0.15, -0.1) is 5.10 Å². The van der Waals surface area contributed by atoms with Gasteiger partial charge in [0.05, 0.1) is 12.2 Å². The van der Waals surface area contributed by atoms with Gasteiger partial charge in [-0.1, -0.05) is 18.2 Å². The SMILES string of the molecule is CC(=O)N1CCN(Cc2nnnn2-c2ccccc2)CC1. The molecule has 7 nitrogen and oxygen atoms in total. The zero-order chi connectivity index (χ0) is 14.7. The van der Waals surface area contributed by atoms with E-state index in [-0.39, 0.29) is 5.91 Å². The van der Waals surface area contributed by atoms with E-state index >= 15 is 0 Å². The Hall–Kier alpha value is -2.28. The number of hydrogen-bond donors (Lipinski definition) is 0. The lowest BCUT2D eigenvalue weighted by molar-refractivity contribution is -0.130. The van der Waals surface area contributed by atoms with Gasteiger partial charge < -0.3 is 4.90 Å². The highest BCUT2D eigenvalue weighted by Gasteiger charge is 2.20. The number of carbonyl (C=O) groups excluding carboxylic acids is 1. The average Bonchev–Trinajstić information content (AvgIpc) is 2.97. The first-order chi connectivity index (χ1) is 10.2. The van der Waals surface area contributed by atoms with Crippen molar-refractivity contribution in [2.45, 2.75) is 13.5 Å². The molecular formula is C14H18N6O. The van der Waals surface area contributed by atoms with Gasteiger partial charge in [0, 0.05) is 33.1 Å². The third-order valence-electron chi connectivity index (χ3n) is 3.72. The van der Waals surface area contributed by atoms with E-state index in [2.05, 4.69) is 20.4 Å². The Morgan fingerprint density at radius 2 is 1.86 bits per heavy atom. The van der Waals surface area contributed by atoms with Crippen molar-refractivity contribution in [1.29, 1.82) is 0 Å². The molecule has 3 rings (SSSR count). The first kappa shape index (κ1) is 13.7. The van der Waals surface area contributed by atoms with Gasteiger partial charge in [0.25, 0.3) is 0 Å². The molecular weight excluding hydrogens is 268 g/mol. The van der Waals surface area contributed by atoms with Crippen LogP contribution in [-0.2, 0) is 11.3 Å². The molecule has 0 N–H and O–H groups in total. The van der Waals surface area contributed by atoms with Crippen LogP contribution in [0.2, 0.25) is 0 Å². The summed E-state index contributed by atoms with van der Waals surface area (Å²) in [5.41, 5.74) is 0.958. The Balaban J connectivity index is 1.67. The predicted octanol–water partition coefficient (Wildman–Crippen LogP) is 0.326. The second kappa shape index (κ2) is 6.01. The number of tetrazole rings is 1. The molecule has 1 aromatic heterocycles. The molecule has 0 spiro atoms. The summed E-state index contributed by atoms with van der Waals surface area (Å²) in [6.45, 7) is 5.53. The number of carbonyl (C=O) groups is 1. The lowest BCUT2D eigenvalue weighted by atomic mass is 10.3. The largest absolute Gasteiger partial charge is 0.340 e. The summed E-state index contributed by atoms with van der Waals surface area (Å²) in [7, 11) is 0. The Kier molecular flexibility index (Phi) is 3.92. The van der Waals surface area contributed by atoms with Crippen molar-refractivity contribution >= 4 is 5.91 Å². The Labute approximate surface area is 123 Å². The van der Waals surface area contributed by atoms with Crippen molar-refractivity contribution < 1.29 is 4.79 Å². The van der Waals surface area contributed by atoms with Crippen molar-refractivity contribution in [1.82, 2.24) is 30.0 Å². The Morgan fingerprint density at radius 3 is 2.52 bits per heavy atom. The molecule has 1 aliphatic heterocycles. The molecule has 0 atom stereocenters. The second-order valence-electron chi connectivity index (χ2n) is 5.12. The quantitative estimate of drug-likeness (QED) is 0.813. The topological polar surface area (TPSA) is 67.2 Å².